The van der Waals surface area contributed by atoms with E-state index in [2.05, 4.69) is 30.6 Å². The molecule has 0 unspecified atom stereocenters. The van der Waals surface area contributed by atoms with Gasteiger partial charge in [-0.3, -0.25) is 9.48 Å². The molecule has 4 aromatic rings. The lowest BCUT2D eigenvalue weighted by Crippen LogP contribution is -2.24. The Morgan fingerprint density at radius 3 is 2.88 bits per heavy atom. The summed E-state index contributed by atoms with van der Waals surface area (Å²) in [5, 5.41) is 10.1. The third-order valence-corrected chi connectivity index (χ3v) is 6.43. The standard InChI is InChI=1S/C25H29N5O3/c1-5-30-20-14-25(3,4)11-9-18(20)22(27-30)24-26-23(28-33-24)17-7-8-19-16(13-17)10-12-29(19)15-21(31)32-6-2/h7-8,10,12-13H,5-6,9,11,14-15H2,1-4H3. The first-order valence-electron chi connectivity index (χ1n) is 11.6. The topological polar surface area (TPSA) is 88.0 Å². The van der Waals surface area contributed by atoms with Crippen molar-refractivity contribution in [3.8, 4) is 23.0 Å². The van der Waals surface area contributed by atoms with Crippen molar-refractivity contribution in [2.45, 2.75) is 60.0 Å². The van der Waals surface area contributed by atoms with Crippen LogP contribution < -0.4 is 0 Å². The van der Waals surface area contributed by atoms with Crippen molar-refractivity contribution in [2.24, 2.45) is 5.41 Å². The third-order valence-electron chi connectivity index (χ3n) is 6.43. The van der Waals surface area contributed by atoms with Crippen molar-refractivity contribution >= 4 is 16.9 Å². The number of carbonyl (C=O) groups is 1. The molecule has 1 aliphatic rings. The van der Waals surface area contributed by atoms with Gasteiger partial charge in [-0.15, -0.1) is 0 Å². The Balaban J connectivity index is 1.45. The summed E-state index contributed by atoms with van der Waals surface area (Å²) < 4.78 is 14.7. The van der Waals surface area contributed by atoms with E-state index in [0.717, 1.165) is 48.0 Å². The maximum Gasteiger partial charge on any atom is 0.325 e. The molecule has 1 aliphatic carbocycles. The highest BCUT2D eigenvalue weighted by Crippen LogP contribution is 2.39. The zero-order chi connectivity index (χ0) is 23.2. The minimum Gasteiger partial charge on any atom is -0.465 e. The molecule has 0 bridgehead atoms. The number of ether oxygens (including phenoxy) is 1. The quantitative estimate of drug-likeness (QED) is 0.400. The molecule has 0 atom stereocenters. The smallest absolute Gasteiger partial charge is 0.325 e. The van der Waals surface area contributed by atoms with Crippen LogP contribution in [0.2, 0.25) is 0 Å². The maximum absolute atomic E-state index is 11.9. The van der Waals surface area contributed by atoms with E-state index in [1.165, 1.54) is 11.3 Å². The highest BCUT2D eigenvalue weighted by Gasteiger charge is 2.32. The molecule has 3 aromatic heterocycles. The van der Waals surface area contributed by atoms with Crippen LogP contribution in [-0.4, -0.2) is 37.1 Å². The Hall–Kier alpha value is -3.42. The maximum atomic E-state index is 11.9. The average molecular weight is 448 g/mol. The van der Waals surface area contributed by atoms with Crippen molar-refractivity contribution in [3.05, 3.63) is 41.7 Å². The Morgan fingerprint density at radius 2 is 2.09 bits per heavy atom. The summed E-state index contributed by atoms with van der Waals surface area (Å²) in [7, 11) is 0. The largest absolute Gasteiger partial charge is 0.465 e. The van der Waals surface area contributed by atoms with Gasteiger partial charge in [-0.05, 0) is 62.8 Å². The number of hydrogen-bond donors (Lipinski definition) is 0. The minimum absolute atomic E-state index is 0.186. The molecule has 8 heteroatoms. The molecule has 0 fully saturated rings. The van der Waals surface area contributed by atoms with E-state index in [0.29, 0.717) is 18.3 Å². The van der Waals surface area contributed by atoms with Crippen LogP contribution in [0.5, 0.6) is 0 Å². The second-order valence-electron chi connectivity index (χ2n) is 9.38. The Morgan fingerprint density at radius 1 is 1.24 bits per heavy atom. The Bertz CT molecular complexity index is 1330. The fourth-order valence-corrected chi connectivity index (χ4v) is 4.69. The van der Waals surface area contributed by atoms with Crippen LogP contribution in [0.1, 0.15) is 45.4 Å². The fourth-order valence-electron chi connectivity index (χ4n) is 4.69. The first-order chi connectivity index (χ1) is 15.9. The molecule has 5 rings (SSSR count). The summed E-state index contributed by atoms with van der Waals surface area (Å²) in [6.45, 7) is 9.92. The molecule has 1 aromatic carbocycles. The molecular formula is C25H29N5O3. The molecule has 0 amide bonds. The summed E-state index contributed by atoms with van der Waals surface area (Å²) in [5.41, 5.74) is 5.41. The highest BCUT2D eigenvalue weighted by atomic mass is 16.5. The van der Waals surface area contributed by atoms with Crippen molar-refractivity contribution in [3.63, 3.8) is 0 Å². The third kappa shape index (κ3) is 3.94. The van der Waals surface area contributed by atoms with Gasteiger partial charge < -0.3 is 13.8 Å². The van der Waals surface area contributed by atoms with E-state index < -0.39 is 0 Å². The molecule has 172 valence electrons. The number of aromatic nitrogens is 5. The molecule has 3 heterocycles. The number of nitrogens with zero attached hydrogens (tertiary/aromatic N) is 5. The van der Waals surface area contributed by atoms with Crippen LogP contribution in [0.4, 0.5) is 0 Å². The summed E-state index contributed by atoms with van der Waals surface area (Å²) in [6, 6.07) is 7.89. The average Bonchev–Trinajstić information content (AvgIpc) is 3.50. The van der Waals surface area contributed by atoms with Crippen LogP contribution in [0.25, 0.3) is 33.9 Å². The predicted octanol–water partition coefficient (Wildman–Crippen LogP) is 4.65. The van der Waals surface area contributed by atoms with E-state index in [9.17, 15) is 4.79 Å². The molecule has 0 spiro atoms. The van der Waals surface area contributed by atoms with E-state index in [-0.39, 0.29) is 17.9 Å². The monoisotopic (exact) mass is 447 g/mol. The van der Waals surface area contributed by atoms with Gasteiger partial charge in [-0.2, -0.15) is 10.1 Å². The van der Waals surface area contributed by atoms with Crippen LogP contribution in [-0.2, 0) is 35.5 Å². The van der Waals surface area contributed by atoms with E-state index in [1.807, 2.05) is 35.0 Å². The second kappa shape index (κ2) is 8.17. The highest BCUT2D eigenvalue weighted by molar-refractivity contribution is 5.86. The summed E-state index contributed by atoms with van der Waals surface area (Å²) in [6.07, 6.45) is 4.97. The number of carbonyl (C=O) groups excluding carboxylic acids is 1. The number of hydrogen-bond acceptors (Lipinski definition) is 6. The lowest BCUT2D eigenvalue weighted by atomic mass is 9.76. The number of benzene rings is 1. The summed E-state index contributed by atoms with van der Waals surface area (Å²) in [5.74, 6) is 0.745. The van der Waals surface area contributed by atoms with Gasteiger partial charge in [0, 0.05) is 40.5 Å². The van der Waals surface area contributed by atoms with Crippen molar-refractivity contribution in [1.29, 1.82) is 0 Å². The molecule has 0 N–H and O–H groups in total. The lowest BCUT2D eigenvalue weighted by Gasteiger charge is -2.30. The van der Waals surface area contributed by atoms with Gasteiger partial charge in [-0.25, -0.2) is 0 Å². The SMILES string of the molecule is CCOC(=O)Cn1ccc2cc(-c3noc(-c4nn(CC)c5c4CCC(C)(C)C5)n3)ccc21. The summed E-state index contributed by atoms with van der Waals surface area (Å²) in [4.78, 5) is 16.6. The zero-order valence-electron chi connectivity index (χ0n) is 19.6. The molecular weight excluding hydrogens is 418 g/mol. The number of aryl methyl sites for hydroxylation is 1. The Labute approximate surface area is 192 Å². The Kier molecular flexibility index (Phi) is 5.31. The van der Waals surface area contributed by atoms with Crippen molar-refractivity contribution in [1.82, 2.24) is 24.5 Å². The zero-order valence-corrected chi connectivity index (χ0v) is 19.6. The van der Waals surface area contributed by atoms with Crippen LogP contribution in [0, 0.1) is 5.41 Å². The molecule has 8 nitrogen and oxygen atoms in total. The van der Waals surface area contributed by atoms with Crippen molar-refractivity contribution < 1.29 is 14.1 Å². The van der Waals surface area contributed by atoms with Crippen LogP contribution in [0.3, 0.4) is 0 Å². The molecule has 0 saturated heterocycles. The number of fused-ring (bicyclic) bond motifs is 2. The first kappa shape index (κ1) is 21.4. The normalized spacial score (nSPS) is 15.0. The van der Waals surface area contributed by atoms with E-state index in [4.69, 9.17) is 19.3 Å². The first-order valence-corrected chi connectivity index (χ1v) is 11.6. The van der Waals surface area contributed by atoms with Crippen LogP contribution >= 0.6 is 0 Å². The molecule has 0 saturated carbocycles. The van der Waals surface area contributed by atoms with E-state index >= 15 is 0 Å². The number of esters is 1. The van der Waals surface area contributed by atoms with Gasteiger partial charge >= 0.3 is 5.97 Å². The molecule has 33 heavy (non-hydrogen) atoms. The van der Waals surface area contributed by atoms with Gasteiger partial charge in [0.05, 0.1) is 6.61 Å². The van der Waals surface area contributed by atoms with Gasteiger partial charge in [0.15, 0.2) is 5.69 Å². The summed E-state index contributed by atoms with van der Waals surface area (Å²) >= 11 is 0. The lowest BCUT2D eigenvalue weighted by molar-refractivity contribution is -0.143. The van der Waals surface area contributed by atoms with Gasteiger partial charge in [0.25, 0.3) is 5.89 Å². The van der Waals surface area contributed by atoms with Crippen LogP contribution in [0.15, 0.2) is 35.0 Å². The van der Waals surface area contributed by atoms with E-state index in [1.54, 1.807) is 6.92 Å². The fraction of sp³-hybridized carbons (Fsp3) is 0.440. The minimum atomic E-state index is -0.250. The van der Waals surface area contributed by atoms with Crippen molar-refractivity contribution in [2.75, 3.05) is 6.61 Å². The molecule has 0 aliphatic heterocycles. The molecule has 0 radical (unpaired) electrons. The second-order valence-corrected chi connectivity index (χ2v) is 9.38. The van der Waals surface area contributed by atoms with Gasteiger partial charge in [0.2, 0.25) is 5.82 Å². The van der Waals surface area contributed by atoms with Gasteiger partial charge in [0.1, 0.15) is 6.54 Å². The van der Waals surface area contributed by atoms with Gasteiger partial charge in [-0.1, -0.05) is 19.0 Å². The number of rotatable bonds is 6. The predicted molar refractivity (Wildman–Crippen MR) is 125 cm³/mol.